The summed E-state index contributed by atoms with van der Waals surface area (Å²) < 4.78 is 7.72. The predicted molar refractivity (Wildman–Crippen MR) is 132 cm³/mol. The van der Waals surface area contributed by atoms with Crippen LogP contribution in [0.15, 0.2) is 48.9 Å². The molecule has 3 aromatic heterocycles. The summed E-state index contributed by atoms with van der Waals surface area (Å²) in [4.78, 5) is 24.8. The third kappa shape index (κ3) is 5.08. The van der Waals surface area contributed by atoms with E-state index in [0.29, 0.717) is 30.3 Å². The highest BCUT2D eigenvalue weighted by molar-refractivity contribution is 5.81. The van der Waals surface area contributed by atoms with E-state index in [1.54, 1.807) is 30.2 Å². The summed E-state index contributed by atoms with van der Waals surface area (Å²) in [7, 11) is 0. The zero-order valence-corrected chi connectivity index (χ0v) is 19.8. The lowest BCUT2D eigenvalue weighted by atomic mass is 9.99. The molecule has 180 valence electrons. The second kappa shape index (κ2) is 9.69. The van der Waals surface area contributed by atoms with Gasteiger partial charge in [-0.1, -0.05) is 6.92 Å². The zero-order chi connectivity index (χ0) is 24.4. The Bertz CT molecular complexity index is 1350. The van der Waals surface area contributed by atoms with E-state index in [9.17, 15) is 9.90 Å². The van der Waals surface area contributed by atoms with Gasteiger partial charge in [0, 0.05) is 42.0 Å². The van der Waals surface area contributed by atoms with Crippen molar-refractivity contribution in [1.82, 2.24) is 24.7 Å². The van der Waals surface area contributed by atoms with Gasteiger partial charge in [-0.15, -0.1) is 0 Å². The number of anilines is 1. The lowest BCUT2D eigenvalue weighted by Gasteiger charge is -2.22. The second-order valence-electron chi connectivity index (χ2n) is 9.07. The number of aliphatic carboxylic acids is 1. The topological polar surface area (TPSA) is 115 Å². The maximum absolute atomic E-state index is 11.6. The van der Waals surface area contributed by atoms with Crippen molar-refractivity contribution < 1.29 is 14.6 Å². The van der Waals surface area contributed by atoms with E-state index in [0.717, 1.165) is 46.7 Å². The number of hydrogen-bond donors (Lipinski definition) is 2. The van der Waals surface area contributed by atoms with Gasteiger partial charge in [-0.25, -0.2) is 9.97 Å². The van der Waals surface area contributed by atoms with Gasteiger partial charge < -0.3 is 15.2 Å². The third-order valence-electron chi connectivity index (χ3n) is 6.26. The molecule has 2 atom stereocenters. The molecule has 0 unspecified atom stereocenters. The van der Waals surface area contributed by atoms with Crippen LogP contribution in [0.1, 0.15) is 42.2 Å². The van der Waals surface area contributed by atoms with Crippen LogP contribution in [0.3, 0.4) is 0 Å². The molecule has 2 N–H and O–H groups in total. The van der Waals surface area contributed by atoms with Crippen LogP contribution in [-0.2, 0) is 17.6 Å². The maximum atomic E-state index is 11.6. The number of rotatable bonds is 8. The SMILES string of the molecule is Cc1ncc([C@H](CC(=O)O)n2ncc3cc(OCCc4ccc5c(n4)C[C@H](C)CN5)ccc32)cn1. The number of nitrogens with zero attached hydrogens (tertiary/aromatic N) is 5. The summed E-state index contributed by atoms with van der Waals surface area (Å²) in [5.74, 6) is 1.04. The van der Waals surface area contributed by atoms with Gasteiger partial charge in [0.1, 0.15) is 11.6 Å². The molecule has 0 spiro atoms. The van der Waals surface area contributed by atoms with Gasteiger partial charge in [-0.2, -0.15) is 5.10 Å². The fourth-order valence-electron chi connectivity index (χ4n) is 4.42. The summed E-state index contributed by atoms with van der Waals surface area (Å²) in [6.45, 7) is 5.52. The summed E-state index contributed by atoms with van der Waals surface area (Å²) in [5, 5.41) is 18.3. The molecule has 0 bridgehead atoms. The lowest BCUT2D eigenvalue weighted by molar-refractivity contribution is -0.137. The molecule has 35 heavy (non-hydrogen) atoms. The number of carbonyl (C=O) groups is 1. The van der Waals surface area contributed by atoms with E-state index < -0.39 is 12.0 Å². The fourth-order valence-corrected chi connectivity index (χ4v) is 4.42. The van der Waals surface area contributed by atoms with Gasteiger partial charge in [-0.3, -0.25) is 14.5 Å². The average molecular weight is 473 g/mol. The molecule has 0 amide bonds. The molecule has 4 heterocycles. The Hall–Kier alpha value is -4.01. The Kier molecular flexibility index (Phi) is 6.31. The molecule has 5 rings (SSSR count). The Labute approximate surface area is 203 Å². The van der Waals surface area contributed by atoms with Crippen molar-refractivity contribution in [3.05, 3.63) is 71.7 Å². The normalized spacial score (nSPS) is 15.9. The first-order chi connectivity index (χ1) is 17.0. The lowest BCUT2D eigenvalue weighted by Crippen LogP contribution is -2.22. The molecule has 9 nitrogen and oxygen atoms in total. The summed E-state index contributed by atoms with van der Waals surface area (Å²) in [6, 6.07) is 9.37. The minimum atomic E-state index is -0.916. The number of hydrogen-bond acceptors (Lipinski definition) is 7. The number of carboxylic acid groups (broad SMARTS) is 1. The molecule has 0 aliphatic carbocycles. The van der Waals surface area contributed by atoms with Gasteiger partial charge in [-0.05, 0) is 49.6 Å². The number of benzene rings is 1. The smallest absolute Gasteiger partial charge is 0.305 e. The Morgan fingerprint density at radius 1 is 1.23 bits per heavy atom. The molecule has 0 saturated heterocycles. The highest BCUT2D eigenvalue weighted by atomic mass is 16.5. The van der Waals surface area contributed by atoms with Crippen molar-refractivity contribution >= 4 is 22.6 Å². The van der Waals surface area contributed by atoms with Crippen molar-refractivity contribution in [2.45, 2.75) is 39.2 Å². The van der Waals surface area contributed by atoms with Crippen molar-refractivity contribution in [1.29, 1.82) is 0 Å². The van der Waals surface area contributed by atoms with Crippen LogP contribution < -0.4 is 10.1 Å². The monoisotopic (exact) mass is 472 g/mol. The number of fused-ring (bicyclic) bond motifs is 2. The van der Waals surface area contributed by atoms with E-state index in [1.807, 2.05) is 18.2 Å². The van der Waals surface area contributed by atoms with Crippen LogP contribution in [0, 0.1) is 12.8 Å². The Morgan fingerprint density at radius 2 is 2.06 bits per heavy atom. The van der Waals surface area contributed by atoms with Gasteiger partial charge in [0.15, 0.2) is 0 Å². The number of ether oxygens (including phenoxy) is 1. The summed E-state index contributed by atoms with van der Waals surface area (Å²) in [6.07, 6.45) is 6.63. The minimum absolute atomic E-state index is 0.121. The number of pyridine rings is 1. The van der Waals surface area contributed by atoms with Gasteiger partial charge in [0.25, 0.3) is 0 Å². The highest BCUT2D eigenvalue weighted by Crippen LogP contribution is 2.28. The van der Waals surface area contributed by atoms with Crippen molar-refractivity contribution in [3.8, 4) is 5.75 Å². The first-order valence-electron chi connectivity index (χ1n) is 11.8. The molecule has 9 heteroatoms. The molecule has 1 aromatic carbocycles. The van der Waals surface area contributed by atoms with Crippen molar-refractivity contribution in [3.63, 3.8) is 0 Å². The van der Waals surface area contributed by atoms with Crippen LogP contribution in [0.4, 0.5) is 5.69 Å². The largest absolute Gasteiger partial charge is 0.493 e. The van der Waals surface area contributed by atoms with E-state index in [1.165, 1.54) is 0 Å². The van der Waals surface area contributed by atoms with Crippen LogP contribution >= 0.6 is 0 Å². The second-order valence-corrected chi connectivity index (χ2v) is 9.07. The minimum Gasteiger partial charge on any atom is -0.493 e. The summed E-state index contributed by atoms with van der Waals surface area (Å²) >= 11 is 0. The van der Waals surface area contributed by atoms with Gasteiger partial charge >= 0.3 is 5.97 Å². The first kappa shape index (κ1) is 22.8. The zero-order valence-electron chi connectivity index (χ0n) is 19.8. The molecule has 0 fully saturated rings. The van der Waals surface area contributed by atoms with Crippen molar-refractivity contribution in [2.24, 2.45) is 5.92 Å². The van der Waals surface area contributed by atoms with Crippen molar-refractivity contribution in [2.75, 3.05) is 18.5 Å². The van der Waals surface area contributed by atoms with E-state index in [4.69, 9.17) is 9.72 Å². The number of carboxylic acids is 1. The Morgan fingerprint density at radius 3 is 2.86 bits per heavy atom. The van der Waals surface area contributed by atoms with E-state index in [-0.39, 0.29) is 6.42 Å². The molecule has 1 aliphatic rings. The number of nitrogens with one attached hydrogen (secondary N) is 1. The highest BCUT2D eigenvalue weighted by Gasteiger charge is 2.21. The summed E-state index contributed by atoms with van der Waals surface area (Å²) in [5.41, 5.74) is 4.80. The Balaban J connectivity index is 1.29. The van der Waals surface area contributed by atoms with Crippen LogP contribution in [0.2, 0.25) is 0 Å². The molecule has 0 saturated carbocycles. The first-order valence-corrected chi connectivity index (χ1v) is 11.8. The molecule has 1 aliphatic heterocycles. The third-order valence-corrected chi connectivity index (χ3v) is 6.26. The molecular weight excluding hydrogens is 444 g/mol. The number of aromatic nitrogens is 5. The molecule has 0 radical (unpaired) electrons. The molecule has 4 aromatic rings. The predicted octanol–water partition coefficient (Wildman–Crippen LogP) is 3.82. The van der Waals surface area contributed by atoms with E-state index >= 15 is 0 Å². The van der Waals surface area contributed by atoms with Gasteiger partial charge in [0.05, 0.1) is 42.2 Å². The van der Waals surface area contributed by atoms with Crippen LogP contribution in [0.5, 0.6) is 5.75 Å². The quantitative estimate of drug-likeness (QED) is 0.398. The fraction of sp³-hybridized carbons (Fsp3) is 0.346. The standard InChI is InChI=1S/C26H28N6O3/c1-16-9-23-22(29-12-16)5-3-20(31-23)7-8-35-21-4-6-24-18(10-21)15-30-32(24)25(11-26(33)34)19-13-27-17(2)28-14-19/h3-6,10,13-16,25,29H,7-9,11-12H2,1-2H3,(H,33,34)/t16-,25-/m0/s1. The van der Waals surface area contributed by atoms with E-state index in [2.05, 4.69) is 39.4 Å². The van der Waals surface area contributed by atoms with Crippen LogP contribution in [0.25, 0.3) is 10.9 Å². The average Bonchev–Trinajstić information content (AvgIpc) is 3.26. The number of aryl methyl sites for hydroxylation is 1. The molecular formula is C26H28N6O3. The van der Waals surface area contributed by atoms with Gasteiger partial charge in [0.2, 0.25) is 0 Å². The maximum Gasteiger partial charge on any atom is 0.305 e. The van der Waals surface area contributed by atoms with Crippen LogP contribution in [-0.4, -0.2) is 49.0 Å².